The highest BCUT2D eigenvalue weighted by Gasteiger charge is 1.98. The van der Waals surface area contributed by atoms with Gasteiger partial charge in [0.05, 0.1) is 0 Å². The van der Waals surface area contributed by atoms with Gasteiger partial charge in [-0.25, -0.2) is 9.19 Å². The maximum atomic E-state index is 11.1. The molecule has 0 bridgehead atoms. The molecular weight excluding hydrogens is 162 g/mol. The van der Waals surface area contributed by atoms with Crippen molar-refractivity contribution in [3.63, 3.8) is 0 Å². The molecule has 0 radical (unpaired) electrons. The minimum atomic E-state index is -0.993. The second kappa shape index (κ2) is 4.12. The number of imidazole rings is 1. The van der Waals surface area contributed by atoms with Gasteiger partial charge in [-0.3, -0.25) is 4.72 Å². The van der Waals surface area contributed by atoms with Gasteiger partial charge in [-0.2, -0.15) is 0 Å². The predicted molar refractivity (Wildman–Crippen MR) is 45.5 cm³/mol. The Morgan fingerprint density at radius 1 is 1.82 bits per heavy atom. The van der Waals surface area contributed by atoms with Gasteiger partial charge in [-0.05, 0) is 6.42 Å². The van der Waals surface area contributed by atoms with Gasteiger partial charge < -0.3 is 4.98 Å². The van der Waals surface area contributed by atoms with E-state index in [9.17, 15) is 4.21 Å². The van der Waals surface area contributed by atoms with E-state index in [1.807, 2.05) is 6.92 Å². The zero-order chi connectivity index (χ0) is 8.10. The third kappa shape index (κ3) is 2.71. The summed E-state index contributed by atoms with van der Waals surface area (Å²) in [6, 6.07) is 0. The Labute approximate surface area is 68.0 Å². The molecule has 11 heavy (non-hydrogen) atoms. The molecule has 4 nitrogen and oxygen atoms in total. The Hall–Kier alpha value is -0.840. The average Bonchev–Trinajstić information content (AvgIpc) is 2.40. The molecule has 1 unspecified atom stereocenters. The first-order valence-electron chi connectivity index (χ1n) is 3.47. The Bertz CT molecular complexity index is 222. The molecule has 62 valence electrons. The molecule has 1 heterocycles. The maximum absolute atomic E-state index is 11.1. The summed E-state index contributed by atoms with van der Waals surface area (Å²) in [6.45, 7) is 1.99. The van der Waals surface area contributed by atoms with E-state index >= 15 is 0 Å². The lowest BCUT2D eigenvalue weighted by Crippen LogP contribution is -2.08. The second-order valence-electron chi connectivity index (χ2n) is 2.09. The molecule has 0 aliphatic carbocycles. The van der Waals surface area contributed by atoms with Crippen molar-refractivity contribution in [2.24, 2.45) is 0 Å². The summed E-state index contributed by atoms with van der Waals surface area (Å²) in [5.41, 5.74) is 0. The van der Waals surface area contributed by atoms with Crippen LogP contribution >= 0.6 is 0 Å². The van der Waals surface area contributed by atoms with Crippen molar-refractivity contribution >= 4 is 16.9 Å². The summed E-state index contributed by atoms with van der Waals surface area (Å²) in [7, 11) is -0.993. The number of H-pyrrole nitrogens is 1. The lowest BCUT2D eigenvalue weighted by Gasteiger charge is -1.99. The standard InChI is InChI=1S/C6H11N3OS/c1-2-5-11(10)9-6-7-3-4-8-6/h3-4H,2,5H2,1H3,(H2,7,8,9). The minimum absolute atomic E-state index is 0.566. The van der Waals surface area contributed by atoms with Crippen LogP contribution in [-0.4, -0.2) is 19.9 Å². The van der Waals surface area contributed by atoms with E-state index in [4.69, 9.17) is 0 Å². The molecule has 2 N–H and O–H groups in total. The number of anilines is 1. The molecule has 1 aromatic heterocycles. The number of rotatable bonds is 4. The third-order valence-electron chi connectivity index (χ3n) is 1.10. The zero-order valence-electron chi connectivity index (χ0n) is 6.33. The van der Waals surface area contributed by atoms with Crippen molar-refractivity contribution in [1.29, 1.82) is 0 Å². The molecule has 1 atom stereocenters. The van der Waals surface area contributed by atoms with Crippen LogP contribution < -0.4 is 4.72 Å². The average molecular weight is 173 g/mol. The Balaban J connectivity index is 2.37. The highest BCUT2D eigenvalue weighted by atomic mass is 32.2. The first-order chi connectivity index (χ1) is 5.33. The van der Waals surface area contributed by atoms with Crippen LogP contribution in [0.15, 0.2) is 12.4 Å². The third-order valence-corrected chi connectivity index (χ3v) is 2.30. The summed E-state index contributed by atoms with van der Waals surface area (Å²) in [4.78, 5) is 6.69. The van der Waals surface area contributed by atoms with Crippen LogP contribution in [0, 0.1) is 0 Å². The molecule has 1 rings (SSSR count). The molecule has 0 saturated carbocycles. The highest BCUT2D eigenvalue weighted by molar-refractivity contribution is 7.86. The summed E-state index contributed by atoms with van der Waals surface area (Å²) < 4.78 is 13.8. The fourth-order valence-corrected chi connectivity index (χ4v) is 1.47. The van der Waals surface area contributed by atoms with E-state index in [1.54, 1.807) is 12.4 Å². The first kappa shape index (κ1) is 8.26. The fourth-order valence-electron chi connectivity index (χ4n) is 0.665. The van der Waals surface area contributed by atoms with Crippen LogP contribution in [0.25, 0.3) is 0 Å². The number of nitrogens with zero attached hydrogens (tertiary/aromatic N) is 1. The smallest absolute Gasteiger partial charge is 0.212 e. The molecule has 0 fully saturated rings. The highest BCUT2D eigenvalue weighted by Crippen LogP contribution is 1.97. The van der Waals surface area contributed by atoms with Gasteiger partial charge in [0.25, 0.3) is 0 Å². The van der Waals surface area contributed by atoms with Gasteiger partial charge in [0, 0.05) is 18.1 Å². The predicted octanol–water partition coefficient (Wildman–Crippen LogP) is 0.895. The molecule has 0 aliphatic heterocycles. The summed E-state index contributed by atoms with van der Waals surface area (Å²) in [5, 5.41) is 0. The first-order valence-corrected chi connectivity index (χ1v) is 4.79. The van der Waals surface area contributed by atoms with Crippen LogP contribution in [-0.2, 0) is 11.0 Å². The van der Waals surface area contributed by atoms with Gasteiger partial charge >= 0.3 is 0 Å². The molecular formula is C6H11N3OS. The van der Waals surface area contributed by atoms with E-state index in [-0.39, 0.29) is 0 Å². The lowest BCUT2D eigenvalue weighted by molar-refractivity contribution is 0.685. The van der Waals surface area contributed by atoms with Gasteiger partial charge in [-0.15, -0.1) is 0 Å². The normalized spacial score (nSPS) is 12.8. The van der Waals surface area contributed by atoms with Gasteiger partial charge in [0.2, 0.25) is 5.95 Å². The molecule has 0 aliphatic rings. The summed E-state index contributed by atoms with van der Waals surface area (Å²) in [6.07, 6.45) is 4.21. The van der Waals surface area contributed by atoms with Gasteiger partial charge in [-0.1, -0.05) is 6.92 Å². The number of aromatic nitrogens is 2. The number of nitrogens with one attached hydrogen (secondary N) is 2. The molecule has 1 aromatic rings. The van der Waals surface area contributed by atoms with Crippen molar-refractivity contribution in [2.75, 3.05) is 10.5 Å². The topological polar surface area (TPSA) is 57.8 Å². The second-order valence-corrected chi connectivity index (χ2v) is 3.39. The molecule has 0 saturated heterocycles. The minimum Gasteiger partial charge on any atom is -0.330 e. The van der Waals surface area contributed by atoms with E-state index in [1.165, 1.54) is 0 Å². The van der Waals surface area contributed by atoms with Crippen LogP contribution in [0.4, 0.5) is 5.95 Å². The van der Waals surface area contributed by atoms with E-state index in [0.29, 0.717) is 11.7 Å². The quantitative estimate of drug-likeness (QED) is 0.710. The van der Waals surface area contributed by atoms with Crippen LogP contribution in [0.1, 0.15) is 13.3 Å². The number of hydrogen-bond donors (Lipinski definition) is 2. The summed E-state index contributed by atoms with van der Waals surface area (Å²) >= 11 is 0. The maximum Gasteiger partial charge on any atom is 0.212 e. The Kier molecular flexibility index (Phi) is 3.10. The van der Waals surface area contributed by atoms with Gasteiger partial charge in [0.15, 0.2) is 0 Å². The van der Waals surface area contributed by atoms with Crippen LogP contribution in [0.5, 0.6) is 0 Å². The Morgan fingerprint density at radius 3 is 3.18 bits per heavy atom. The van der Waals surface area contributed by atoms with Crippen molar-refractivity contribution in [1.82, 2.24) is 9.97 Å². The monoisotopic (exact) mass is 173 g/mol. The molecule has 0 amide bonds. The number of aromatic amines is 1. The van der Waals surface area contributed by atoms with E-state index in [2.05, 4.69) is 14.7 Å². The largest absolute Gasteiger partial charge is 0.330 e. The summed E-state index contributed by atoms with van der Waals surface area (Å²) in [5.74, 6) is 1.22. The van der Waals surface area contributed by atoms with Gasteiger partial charge in [0.1, 0.15) is 11.0 Å². The van der Waals surface area contributed by atoms with Crippen LogP contribution in [0.2, 0.25) is 0 Å². The van der Waals surface area contributed by atoms with Crippen molar-refractivity contribution < 1.29 is 4.21 Å². The SMILES string of the molecule is CCCS(=O)Nc1ncc[nH]1. The lowest BCUT2D eigenvalue weighted by atomic mass is 10.6. The van der Waals surface area contributed by atoms with Crippen molar-refractivity contribution in [3.8, 4) is 0 Å². The molecule has 5 heteroatoms. The van der Waals surface area contributed by atoms with Crippen LogP contribution in [0.3, 0.4) is 0 Å². The fraction of sp³-hybridized carbons (Fsp3) is 0.500. The van der Waals surface area contributed by atoms with E-state index < -0.39 is 11.0 Å². The van der Waals surface area contributed by atoms with Crippen molar-refractivity contribution in [2.45, 2.75) is 13.3 Å². The van der Waals surface area contributed by atoms with E-state index in [0.717, 1.165) is 6.42 Å². The molecule has 0 spiro atoms. The number of hydrogen-bond acceptors (Lipinski definition) is 2. The zero-order valence-corrected chi connectivity index (χ0v) is 7.15. The molecule has 0 aromatic carbocycles. The van der Waals surface area contributed by atoms with Crippen molar-refractivity contribution in [3.05, 3.63) is 12.4 Å². The Morgan fingerprint density at radius 2 is 2.64 bits per heavy atom.